The zero-order valence-corrected chi connectivity index (χ0v) is 24.3. The minimum atomic E-state index is -2.84. The van der Waals surface area contributed by atoms with Gasteiger partial charge in [0.15, 0.2) is 0 Å². The summed E-state index contributed by atoms with van der Waals surface area (Å²) in [5, 5.41) is 0.396. The summed E-state index contributed by atoms with van der Waals surface area (Å²) in [5.41, 5.74) is 5.87. The Hall–Kier alpha value is 0.491. The van der Waals surface area contributed by atoms with Crippen LogP contribution in [0.5, 0.6) is 0 Å². The van der Waals surface area contributed by atoms with Crippen molar-refractivity contribution < 1.29 is 13.3 Å². The van der Waals surface area contributed by atoms with Crippen molar-refractivity contribution in [1.82, 2.24) is 0 Å². The lowest BCUT2D eigenvalue weighted by molar-refractivity contribution is 0.0384. The fourth-order valence-electron chi connectivity index (χ4n) is 3.83. The lowest BCUT2D eigenvalue weighted by Crippen LogP contribution is -2.77. The normalized spacial score (nSPS) is 15.2. The Balaban J connectivity index is 6.68. The number of rotatable bonds is 11. The molecule has 2 N–H and O–H groups in total. The highest BCUT2D eigenvalue weighted by Crippen LogP contribution is 2.55. The van der Waals surface area contributed by atoms with Crippen LogP contribution in [0.25, 0.3) is 0 Å². The topological polar surface area (TPSA) is 53.7 Å². The lowest BCUT2D eigenvalue weighted by Gasteiger charge is -2.62. The highest BCUT2D eigenvalue weighted by molar-refractivity contribution is 7.02. The van der Waals surface area contributed by atoms with E-state index in [-0.39, 0.29) is 14.9 Å². The second kappa shape index (κ2) is 9.75. The molecule has 0 rings (SSSR count). The van der Waals surface area contributed by atoms with Crippen molar-refractivity contribution in [2.75, 3.05) is 19.8 Å². The van der Waals surface area contributed by atoms with Gasteiger partial charge in [-0.1, -0.05) is 67.7 Å². The summed E-state index contributed by atoms with van der Waals surface area (Å²) in [6.45, 7) is 32.7. The van der Waals surface area contributed by atoms with E-state index in [1.165, 1.54) is 0 Å². The van der Waals surface area contributed by atoms with E-state index < -0.39 is 25.0 Å². The Bertz CT molecular complexity index is 450. The molecular formula is C21H51NO3Si3. The van der Waals surface area contributed by atoms with E-state index in [9.17, 15) is 0 Å². The van der Waals surface area contributed by atoms with E-state index in [0.29, 0.717) is 19.8 Å². The van der Waals surface area contributed by atoms with E-state index in [1.807, 2.05) is 13.8 Å². The minimum Gasteiger partial charge on any atom is -0.374 e. The summed E-state index contributed by atoms with van der Waals surface area (Å²) >= 11 is 0. The van der Waals surface area contributed by atoms with Gasteiger partial charge >= 0.3 is 8.80 Å². The Morgan fingerprint density at radius 3 is 1.32 bits per heavy atom. The summed E-state index contributed by atoms with van der Waals surface area (Å²) in [5.74, 6) is 0. The van der Waals surface area contributed by atoms with E-state index in [2.05, 4.69) is 74.7 Å². The molecule has 0 radical (unpaired) electrons. The second-order valence-corrected chi connectivity index (χ2v) is 25.9. The van der Waals surface area contributed by atoms with Gasteiger partial charge in [0, 0.05) is 24.1 Å². The Labute approximate surface area is 179 Å². The van der Waals surface area contributed by atoms with Gasteiger partial charge in [0.1, 0.15) is 0 Å². The molecule has 0 unspecified atom stereocenters. The molecule has 28 heavy (non-hydrogen) atoms. The van der Waals surface area contributed by atoms with Gasteiger partial charge in [-0.15, -0.1) is 0 Å². The van der Waals surface area contributed by atoms with Gasteiger partial charge in [-0.05, 0) is 43.8 Å². The Morgan fingerprint density at radius 2 is 1.07 bits per heavy atom. The molecule has 0 saturated heterocycles. The molecule has 0 aliphatic rings. The van der Waals surface area contributed by atoms with E-state index in [0.717, 1.165) is 12.5 Å². The first kappa shape index (κ1) is 28.5. The summed E-state index contributed by atoms with van der Waals surface area (Å²) in [4.78, 5) is -0.207. The van der Waals surface area contributed by atoms with Crippen molar-refractivity contribution in [2.24, 2.45) is 5.73 Å². The molecule has 0 amide bonds. The third-order valence-corrected chi connectivity index (χ3v) is 27.7. The van der Waals surface area contributed by atoms with Crippen LogP contribution in [0.15, 0.2) is 0 Å². The first-order valence-corrected chi connectivity index (χ1v) is 19.0. The molecule has 0 atom stereocenters. The van der Waals surface area contributed by atoms with Crippen LogP contribution in [0.2, 0.25) is 42.3 Å². The molecule has 0 fully saturated rings. The summed E-state index contributed by atoms with van der Waals surface area (Å²) in [6.07, 6.45) is 0.872. The van der Waals surface area contributed by atoms with E-state index >= 15 is 0 Å². The molecule has 0 aromatic heterocycles. The van der Waals surface area contributed by atoms with Crippen LogP contribution < -0.4 is 5.73 Å². The molecule has 7 heteroatoms. The van der Waals surface area contributed by atoms with Crippen molar-refractivity contribution in [2.45, 2.75) is 116 Å². The molecule has 0 aliphatic heterocycles. The molecule has 0 bridgehead atoms. The smallest absolute Gasteiger partial charge is 0.374 e. The summed E-state index contributed by atoms with van der Waals surface area (Å²) < 4.78 is 20.1. The van der Waals surface area contributed by atoms with Crippen molar-refractivity contribution in [3.05, 3.63) is 0 Å². The maximum Gasteiger partial charge on any atom is 0.500 e. The van der Waals surface area contributed by atoms with Crippen LogP contribution in [-0.2, 0) is 13.3 Å². The SMILES string of the molecule is CCO[Si](CCCN)(OCC)OC(C)([Si](C)(C)C(C)(C)C)[Si](C)(C)C(C)(C)C. The van der Waals surface area contributed by atoms with Crippen molar-refractivity contribution in [3.63, 3.8) is 0 Å². The van der Waals surface area contributed by atoms with Crippen LogP contribution in [0.4, 0.5) is 0 Å². The first-order chi connectivity index (χ1) is 12.4. The predicted octanol–water partition coefficient (Wildman–Crippen LogP) is 6.22. The molecule has 0 spiro atoms. The molecule has 170 valence electrons. The number of hydrogen-bond acceptors (Lipinski definition) is 4. The highest BCUT2D eigenvalue weighted by Gasteiger charge is 2.65. The lowest BCUT2D eigenvalue weighted by atomic mass is 10.2. The molecule has 4 nitrogen and oxygen atoms in total. The highest BCUT2D eigenvalue weighted by atomic mass is 28.4. The van der Waals surface area contributed by atoms with Crippen molar-refractivity contribution in [1.29, 1.82) is 0 Å². The molecule has 0 heterocycles. The molecule has 0 aliphatic carbocycles. The minimum absolute atomic E-state index is 0.198. The van der Waals surface area contributed by atoms with Crippen molar-refractivity contribution in [3.8, 4) is 0 Å². The fourth-order valence-corrected chi connectivity index (χ4v) is 20.9. The van der Waals surface area contributed by atoms with Crippen LogP contribution in [0.3, 0.4) is 0 Å². The molecule has 0 aromatic carbocycles. The Kier molecular flexibility index (Phi) is 9.92. The molecule has 0 saturated carbocycles. The third kappa shape index (κ3) is 5.59. The van der Waals surface area contributed by atoms with Crippen LogP contribution in [0, 0.1) is 0 Å². The third-order valence-electron chi connectivity index (χ3n) is 7.91. The largest absolute Gasteiger partial charge is 0.500 e. The predicted molar refractivity (Wildman–Crippen MR) is 131 cm³/mol. The average molecular weight is 450 g/mol. The standard InChI is InChI=1S/C21H51NO3Si3/c1-14-23-28(24-15-2,18-16-17-22)25-21(9,26(10,11)19(3,4)5)27(12,13)20(6,7)8/h14-18,22H2,1-13H3. The quantitative estimate of drug-likeness (QED) is 0.380. The van der Waals surface area contributed by atoms with E-state index in [1.54, 1.807) is 0 Å². The van der Waals surface area contributed by atoms with E-state index in [4.69, 9.17) is 19.0 Å². The maximum atomic E-state index is 7.35. The average Bonchev–Trinajstić information content (AvgIpc) is 2.50. The summed E-state index contributed by atoms with van der Waals surface area (Å²) in [6, 6.07) is 0.796. The Morgan fingerprint density at radius 1 is 0.714 bits per heavy atom. The number of hydrogen-bond donors (Lipinski definition) is 1. The van der Waals surface area contributed by atoms with Gasteiger partial charge in [-0.2, -0.15) is 0 Å². The summed E-state index contributed by atoms with van der Waals surface area (Å²) in [7, 11) is -6.70. The van der Waals surface area contributed by atoms with Gasteiger partial charge in [0.25, 0.3) is 0 Å². The zero-order valence-electron chi connectivity index (χ0n) is 21.3. The first-order valence-electron chi connectivity index (χ1n) is 11.1. The zero-order chi connectivity index (χ0) is 22.7. The number of nitrogens with two attached hydrogens (primary N) is 1. The van der Waals surface area contributed by atoms with Gasteiger partial charge in [0.2, 0.25) is 0 Å². The van der Waals surface area contributed by atoms with Crippen LogP contribution >= 0.6 is 0 Å². The van der Waals surface area contributed by atoms with Gasteiger partial charge < -0.3 is 19.0 Å². The maximum absolute atomic E-state index is 7.35. The van der Waals surface area contributed by atoms with Crippen molar-refractivity contribution >= 4 is 25.0 Å². The van der Waals surface area contributed by atoms with Gasteiger partial charge in [-0.25, -0.2) is 0 Å². The molecular weight excluding hydrogens is 398 g/mol. The van der Waals surface area contributed by atoms with Crippen LogP contribution in [-0.4, -0.2) is 49.6 Å². The monoisotopic (exact) mass is 449 g/mol. The second-order valence-electron chi connectivity index (χ2n) is 11.3. The molecule has 0 aromatic rings. The van der Waals surface area contributed by atoms with Gasteiger partial charge in [-0.3, -0.25) is 0 Å². The van der Waals surface area contributed by atoms with Crippen LogP contribution in [0.1, 0.15) is 68.7 Å². The van der Waals surface area contributed by atoms with Gasteiger partial charge in [0.05, 0.1) is 16.1 Å². The fraction of sp³-hybridized carbons (Fsp3) is 1.00.